The molecule has 8 nitrogen and oxygen atoms in total. The number of halogens is 2. The van der Waals surface area contributed by atoms with Crippen LogP contribution in [0.2, 0.25) is 0 Å². The van der Waals surface area contributed by atoms with E-state index in [0.717, 1.165) is 0 Å². The van der Waals surface area contributed by atoms with Crippen molar-refractivity contribution in [2.45, 2.75) is 82.5 Å². The molecule has 0 bridgehead atoms. The fraction of sp³-hybridized carbons (Fsp3) is 0.667. The summed E-state index contributed by atoms with van der Waals surface area (Å²) >= 11 is 0. The summed E-state index contributed by atoms with van der Waals surface area (Å²) in [6.45, 7) is 8.16. The monoisotopic (exact) mass is 520 g/mol. The standard InChI is InChI=1S/C27H38F2N4O4/c1-26(2,3)37-25(36)30-19-8-10-27(29,11-9-19)17-32-12-14-33(15-13-32)22-6-4-18(16-21(22)28)20-5-7-23(34)31-24(20)35/h4,6,16,19-20H,5,7-15,17H2,1-3H3,(H,30,36)(H,31,34,35). The number of carbonyl (C=O) groups is 3. The van der Waals surface area contributed by atoms with Gasteiger partial charge in [-0.25, -0.2) is 13.6 Å². The fourth-order valence-corrected chi connectivity index (χ4v) is 5.47. The maximum atomic E-state index is 15.6. The third kappa shape index (κ3) is 7.18. The molecule has 2 N–H and O–H groups in total. The summed E-state index contributed by atoms with van der Waals surface area (Å²) in [5.41, 5.74) is -0.827. The topological polar surface area (TPSA) is 91.0 Å². The van der Waals surface area contributed by atoms with Crippen molar-refractivity contribution in [3.05, 3.63) is 29.6 Å². The minimum Gasteiger partial charge on any atom is -0.444 e. The van der Waals surface area contributed by atoms with Crippen LogP contribution in [0.1, 0.15) is 70.8 Å². The van der Waals surface area contributed by atoms with E-state index < -0.39 is 29.1 Å². The Kier molecular flexibility index (Phi) is 8.06. The van der Waals surface area contributed by atoms with E-state index >= 15 is 4.39 Å². The van der Waals surface area contributed by atoms with Crippen molar-refractivity contribution in [1.82, 2.24) is 15.5 Å². The number of nitrogens with one attached hydrogen (secondary N) is 2. The predicted molar refractivity (Wildman–Crippen MR) is 136 cm³/mol. The van der Waals surface area contributed by atoms with Crippen molar-refractivity contribution in [2.24, 2.45) is 0 Å². The van der Waals surface area contributed by atoms with E-state index in [0.29, 0.717) is 76.1 Å². The Morgan fingerprint density at radius 1 is 1.14 bits per heavy atom. The van der Waals surface area contributed by atoms with Gasteiger partial charge in [0.05, 0.1) is 11.6 Å². The van der Waals surface area contributed by atoms with Gasteiger partial charge in [0.25, 0.3) is 0 Å². The van der Waals surface area contributed by atoms with E-state index in [1.54, 1.807) is 12.1 Å². The molecule has 0 spiro atoms. The third-order valence-corrected chi connectivity index (χ3v) is 7.44. The molecule has 1 aromatic carbocycles. The molecule has 10 heteroatoms. The number of ether oxygens (including phenoxy) is 1. The highest BCUT2D eigenvalue weighted by atomic mass is 19.1. The van der Waals surface area contributed by atoms with Crippen molar-refractivity contribution in [1.29, 1.82) is 0 Å². The SMILES string of the molecule is CC(C)(C)OC(=O)NC1CCC(F)(CN2CCN(c3ccc(C4CCC(=O)NC4=O)cc3F)CC2)CC1. The fourth-order valence-electron chi connectivity index (χ4n) is 5.47. The number of piperazine rings is 1. The summed E-state index contributed by atoms with van der Waals surface area (Å²) in [6, 6.07) is 4.76. The van der Waals surface area contributed by atoms with E-state index in [1.165, 1.54) is 6.07 Å². The van der Waals surface area contributed by atoms with Gasteiger partial charge in [-0.05, 0) is 70.6 Å². The number of carbonyl (C=O) groups excluding carboxylic acids is 3. The van der Waals surface area contributed by atoms with Crippen LogP contribution in [-0.4, -0.2) is 72.8 Å². The molecule has 0 radical (unpaired) electrons. The zero-order valence-corrected chi connectivity index (χ0v) is 21.9. The number of amides is 3. The second-order valence-corrected chi connectivity index (χ2v) is 11.5. The highest BCUT2D eigenvalue weighted by molar-refractivity contribution is 6.00. The number of hydrogen-bond acceptors (Lipinski definition) is 6. The lowest BCUT2D eigenvalue weighted by atomic mass is 9.83. The first-order valence-electron chi connectivity index (χ1n) is 13.2. The number of rotatable bonds is 5. The van der Waals surface area contributed by atoms with Gasteiger partial charge < -0.3 is 15.0 Å². The van der Waals surface area contributed by atoms with Crippen LogP contribution >= 0.6 is 0 Å². The lowest BCUT2D eigenvalue weighted by molar-refractivity contribution is -0.134. The molecule has 1 aromatic rings. The summed E-state index contributed by atoms with van der Waals surface area (Å²) in [4.78, 5) is 39.6. The molecule has 2 saturated heterocycles. The molecule has 3 aliphatic rings. The van der Waals surface area contributed by atoms with Gasteiger partial charge in [0, 0.05) is 45.2 Å². The Morgan fingerprint density at radius 3 is 2.41 bits per heavy atom. The molecule has 204 valence electrons. The molecule has 0 aromatic heterocycles. The number of nitrogens with zero attached hydrogens (tertiary/aromatic N) is 2. The summed E-state index contributed by atoms with van der Waals surface area (Å²) < 4.78 is 35.9. The van der Waals surface area contributed by atoms with Crippen LogP contribution in [0.3, 0.4) is 0 Å². The van der Waals surface area contributed by atoms with Gasteiger partial charge in [-0.1, -0.05) is 6.07 Å². The quantitative estimate of drug-likeness (QED) is 0.576. The van der Waals surface area contributed by atoms with Crippen molar-refractivity contribution in [3.63, 3.8) is 0 Å². The second-order valence-electron chi connectivity index (χ2n) is 11.5. The number of alkyl halides is 1. The van der Waals surface area contributed by atoms with Crippen LogP contribution in [0.25, 0.3) is 0 Å². The number of anilines is 1. The Bertz CT molecular complexity index is 1010. The van der Waals surface area contributed by atoms with Crippen molar-refractivity contribution >= 4 is 23.6 Å². The minimum absolute atomic E-state index is 0.0818. The molecule has 3 fully saturated rings. The van der Waals surface area contributed by atoms with Crippen LogP contribution in [0.4, 0.5) is 19.3 Å². The zero-order chi connectivity index (χ0) is 26.8. The maximum Gasteiger partial charge on any atom is 0.407 e. The van der Waals surface area contributed by atoms with Crippen molar-refractivity contribution in [3.8, 4) is 0 Å². The number of imide groups is 1. The Hall–Kier alpha value is -2.75. The van der Waals surface area contributed by atoms with Crippen molar-refractivity contribution in [2.75, 3.05) is 37.6 Å². The molecule has 2 aliphatic heterocycles. The summed E-state index contributed by atoms with van der Waals surface area (Å²) in [5.74, 6) is -1.59. The van der Waals surface area contributed by atoms with E-state index in [4.69, 9.17) is 4.74 Å². The number of alkyl carbamates (subject to hydrolysis) is 1. The van der Waals surface area contributed by atoms with Gasteiger partial charge in [-0.15, -0.1) is 0 Å². The van der Waals surface area contributed by atoms with E-state index in [1.807, 2.05) is 25.7 Å². The number of hydrogen-bond donors (Lipinski definition) is 2. The number of benzene rings is 1. The maximum absolute atomic E-state index is 15.6. The predicted octanol–water partition coefficient (Wildman–Crippen LogP) is 3.64. The van der Waals surface area contributed by atoms with Gasteiger partial charge in [-0.2, -0.15) is 0 Å². The molecule has 37 heavy (non-hydrogen) atoms. The highest BCUT2D eigenvalue weighted by Crippen LogP contribution is 2.34. The number of piperidine rings is 1. The van der Waals surface area contributed by atoms with E-state index in [-0.39, 0.29) is 24.3 Å². The summed E-state index contributed by atoms with van der Waals surface area (Å²) in [6.07, 6.45) is 2.07. The van der Waals surface area contributed by atoms with Gasteiger partial charge in [0.1, 0.15) is 17.1 Å². The molecular weight excluding hydrogens is 482 g/mol. The zero-order valence-electron chi connectivity index (χ0n) is 21.9. The Balaban J connectivity index is 1.24. The minimum atomic E-state index is -1.30. The van der Waals surface area contributed by atoms with Gasteiger partial charge in [0.15, 0.2) is 0 Å². The van der Waals surface area contributed by atoms with Crippen LogP contribution in [-0.2, 0) is 14.3 Å². The van der Waals surface area contributed by atoms with Gasteiger partial charge in [0.2, 0.25) is 11.8 Å². The smallest absolute Gasteiger partial charge is 0.407 e. The molecule has 1 aliphatic carbocycles. The van der Waals surface area contributed by atoms with Gasteiger partial charge >= 0.3 is 6.09 Å². The van der Waals surface area contributed by atoms with Crippen LogP contribution in [0.15, 0.2) is 18.2 Å². The first-order chi connectivity index (χ1) is 17.4. The molecule has 4 rings (SSSR count). The van der Waals surface area contributed by atoms with E-state index in [9.17, 15) is 18.8 Å². The summed E-state index contributed by atoms with van der Waals surface area (Å²) in [7, 11) is 0. The third-order valence-electron chi connectivity index (χ3n) is 7.44. The molecular formula is C27H38F2N4O4. The molecule has 3 amide bonds. The average molecular weight is 521 g/mol. The Morgan fingerprint density at radius 2 is 1.81 bits per heavy atom. The first-order valence-corrected chi connectivity index (χ1v) is 13.2. The Labute approximate surface area is 217 Å². The van der Waals surface area contributed by atoms with Crippen LogP contribution < -0.4 is 15.5 Å². The largest absolute Gasteiger partial charge is 0.444 e. The molecule has 1 atom stereocenters. The lowest BCUT2D eigenvalue weighted by Gasteiger charge is -2.41. The van der Waals surface area contributed by atoms with Crippen LogP contribution in [0, 0.1) is 5.82 Å². The van der Waals surface area contributed by atoms with Crippen molar-refractivity contribution < 1.29 is 27.9 Å². The van der Waals surface area contributed by atoms with Gasteiger partial charge in [-0.3, -0.25) is 19.8 Å². The van der Waals surface area contributed by atoms with Crippen LogP contribution in [0.5, 0.6) is 0 Å². The first kappa shape index (κ1) is 27.3. The molecule has 2 heterocycles. The second kappa shape index (κ2) is 10.9. The lowest BCUT2D eigenvalue weighted by Crippen LogP contribution is -2.53. The van der Waals surface area contributed by atoms with E-state index in [2.05, 4.69) is 15.5 Å². The normalized spacial score (nSPS) is 27.5. The molecule has 1 saturated carbocycles. The highest BCUT2D eigenvalue weighted by Gasteiger charge is 2.38. The average Bonchev–Trinajstić information content (AvgIpc) is 2.80. The molecule has 1 unspecified atom stereocenters. The summed E-state index contributed by atoms with van der Waals surface area (Å²) in [5, 5.41) is 5.17.